The van der Waals surface area contributed by atoms with Gasteiger partial charge in [0.1, 0.15) is 0 Å². The SMILES string of the molecule is CCOC1CC(N=C(N)N2CCCCC2)C12CCC2. The molecule has 19 heavy (non-hydrogen) atoms. The zero-order valence-electron chi connectivity index (χ0n) is 12.1. The quantitative estimate of drug-likeness (QED) is 0.628. The Labute approximate surface area is 116 Å². The highest BCUT2D eigenvalue weighted by Gasteiger charge is 2.59. The molecule has 1 aliphatic heterocycles. The van der Waals surface area contributed by atoms with E-state index in [1.165, 1.54) is 38.5 Å². The monoisotopic (exact) mass is 265 g/mol. The Morgan fingerprint density at radius 3 is 2.58 bits per heavy atom. The lowest BCUT2D eigenvalue weighted by atomic mass is 9.51. The van der Waals surface area contributed by atoms with E-state index in [1.807, 2.05) is 0 Å². The molecule has 0 aromatic rings. The molecule has 1 heterocycles. The highest BCUT2D eigenvalue weighted by Crippen LogP contribution is 2.58. The third-order valence-corrected chi connectivity index (χ3v) is 5.36. The molecule has 1 spiro atoms. The van der Waals surface area contributed by atoms with Crippen molar-refractivity contribution in [3.8, 4) is 0 Å². The van der Waals surface area contributed by atoms with Gasteiger partial charge in [-0.2, -0.15) is 0 Å². The molecule has 0 aromatic carbocycles. The molecule has 3 rings (SSSR count). The van der Waals surface area contributed by atoms with E-state index in [0.29, 0.717) is 17.6 Å². The van der Waals surface area contributed by atoms with Gasteiger partial charge in [-0.25, -0.2) is 4.99 Å². The Morgan fingerprint density at radius 1 is 1.26 bits per heavy atom. The Kier molecular flexibility index (Phi) is 3.70. The van der Waals surface area contributed by atoms with Crippen LogP contribution in [0.3, 0.4) is 0 Å². The summed E-state index contributed by atoms with van der Waals surface area (Å²) in [7, 11) is 0. The van der Waals surface area contributed by atoms with Crippen LogP contribution in [0.1, 0.15) is 51.9 Å². The van der Waals surface area contributed by atoms with Gasteiger partial charge in [0.15, 0.2) is 5.96 Å². The van der Waals surface area contributed by atoms with Crippen LogP contribution in [0.15, 0.2) is 4.99 Å². The first-order valence-corrected chi connectivity index (χ1v) is 7.96. The lowest BCUT2D eigenvalue weighted by Crippen LogP contribution is -2.62. The number of hydrogen-bond acceptors (Lipinski definition) is 2. The first-order valence-electron chi connectivity index (χ1n) is 7.96. The standard InChI is InChI=1S/C15H27N3O/c1-2-19-13-11-12(15(13)7-6-8-15)17-14(16)18-9-4-3-5-10-18/h12-13H,2-11H2,1H3,(H2,16,17). The third-order valence-electron chi connectivity index (χ3n) is 5.36. The molecular weight excluding hydrogens is 238 g/mol. The maximum Gasteiger partial charge on any atom is 0.191 e. The second kappa shape index (κ2) is 5.31. The van der Waals surface area contributed by atoms with Gasteiger partial charge in [0.25, 0.3) is 0 Å². The summed E-state index contributed by atoms with van der Waals surface area (Å²) >= 11 is 0. The number of nitrogens with zero attached hydrogens (tertiary/aromatic N) is 2. The predicted molar refractivity (Wildman–Crippen MR) is 77.1 cm³/mol. The molecule has 4 nitrogen and oxygen atoms in total. The number of piperidine rings is 1. The second-order valence-electron chi connectivity index (χ2n) is 6.32. The van der Waals surface area contributed by atoms with Crippen LogP contribution in [0.5, 0.6) is 0 Å². The molecule has 1 saturated heterocycles. The van der Waals surface area contributed by atoms with E-state index in [2.05, 4.69) is 11.8 Å². The van der Waals surface area contributed by atoms with Crippen LogP contribution in [0.4, 0.5) is 0 Å². The lowest BCUT2D eigenvalue weighted by Gasteiger charge is -2.59. The van der Waals surface area contributed by atoms with Crippen molar-refractivity contribution in [2.75, 3.05) is 19.7 Å². The summed E-state index contributed by atoms with van der Waals surface area (Å²) in [6, 6.07) is 0.416. The predicted octanol–water partition coefficient (Wildman–Crippen LogP) is 2.13. The maximum absolute atomic E-state index is 6.21. The van der Waals surface area contributed by atoms with Gasteiger partial charge < -0.3 is 15.4 Å². The Morgan fingerprint density at radius 2 is 2.00 bits per heavy atom. The molecule has 108 valence electrons. The summed E-state index contributed by atoms with van der Waals surface area (Å²) in [6.45, 7) is 5.09. The number of aliphatic imine (C=N–C) groups is 1. The summed E-state index contributed by atoms with van der Waals surface area (Å²) in [4.78, 5) is 7.12. The molecule has 3 aliphatic rings. The van der Waals surface area contributed by atoms with Gasteiger partial charge in [-0.3, -0.25) is 0 Å². The van der Waals surface area contributed by atoms with Crippen LogP contribution in [-0.2, 0) is 4.74 Å². The number of ether oxygens (including phenoxy) is 1. The first kappa shape index (κ1) is 13.2. The number of nitrogens with two attached hydrogens (primary N) is 1. The fourth-order valence-corrected chi connectivity index (χ4v) is 3.95. The van der Waals surface area contributed by atoms with Crippen molar-refractivity contribution in [1.29, 1.82) is 0 Å². The van der Waals surface area contributed by atoms with Gasteiger partial charge in [-0.1, -0.05) is 6.42 Å². The highest BCUT2D eigenvalue weighted by atomic mass is 16.5. The van der Waals surface area contributed by atoms with Gasteiger partial charge in [-0.15, -0.1) is 0 Å². The Bertz CT molecular complexity index is 345. The number of guanidine groups is 1. The fraction of sp³-hybridized carbons (Fsp3) is 0.933. The number of hydrogen-bond donors (Lipinski definition) is 1. The van der Waals surface area contributed by atoms with E-state index in [0.717, 1.165) is 32.1 Å². The molecule has 2 atom stereocenters. The number of rotatable bonds is 3. The summed E-state index contributed by atoms with van der Waals surface area (Å²) < 4.78 is 5.87. The van der Waals surface area contributed by atoms with Crippen molar-refractivity contribution in [3.05, 3.63) is 0 Å². The van der Waals surface area contributed by atoms with Crippen molar-refractivity contribution in [3.63, 3.8) is 0 Å². The molecule has 0 bridgehead atoms. The first-order chi connectivity index (χ1) is 9.26. The summed E-state index contributed by atoms with van der Waals surface area (Å²) in [5.74, 6) is 0.783. The van der Waals surface area contributed by atoms with E-state index in [4.69, 9.17) is 15.5 Å². The molecule has 0 aromatic heterocycles. The maximum atomic E-state index is 6.21. The minimum atomic E-state index is 0.344. The summed E-state index contributed by atoms with van der Waals surface area (Å²) in [6.07, 6.45) is 9.25. The molecule has 0 radical (unpaired) electrons. The van der Waals surface area contributed by atoms with Crippen molar-refractivity contribution in [2.45, 2.75) is 64.0 Å². The minimum Gasteiger partial charge on any atom is -0.378 e. The summed E-state index contributed by atoms with van der Waals surface area (Å²) in [5, 5.41) is 0. The molecule has 2 N–H and O–H groups in total. The van der Waals surface area contributed by atoms with E-state index < -0.39 is 0 Å². The molecule has 3 fully saturated rings. The fourth-order valence-electron chi connectivity index (χ4n) is 3.95. The van der Waals surface area contributed by atoms with E-state index >= 15 is 0 Å². The van der Waals surface area contributed by atoms with Crippen molar-refractivity contribution in [2.24, 2.45) is 16.1 Å². The van der Waals surface area contributed by atoms with Crippen molar-refractivity contribution < 1.29 is 4.74 Å². The third kappa shape index (κ3) is 2.24. The van der Waals surface area contributed by atoms with E-state index in [-0.39, 0.29) is 0 Å². The normalized spacial score (nSPS) is 33.9. The highest BCUT2D eigenvalue weighted by molar-refractivity contribution is 5.78. The minimum absolute atomic E-state index is 0.344. The lowest BCUT2D eigenvalue weighted by molar-refractivity contribution is -0.162. The molecular formula is C15H27N3O. The van der Waals surface area contributed by atoms with Crippen LogP contribution in [0.25, 0.3) is 0 Å². The van der Waals surface area contributed by atoms with Gasteiger partial charge in [0.05, 0.1) is 12.1 Å². The molecule has 0 amide bonds. The molecule has 2 aliphatic carbocycles. The average Bonchev–Trinajstić information content (AvgIpc) is 2.36. The van der Waals surface area contributed by atoms with Crippen LogP contribution in [0, 0.1) is 5.41 Å². The molecule has 4 heteroatoms. The van der Waals surface area contributed by atoms with E-state index in [9.17, 15) is 0 Å². The van der Waals surface area contributed by atoms with Crippen molar-refractivity contribution in [1.82, 2.24) is 4.90 Å². The number of likely N-dealkylation sites (tertiary alicyclic amines) is 1. The van der Waals surface area contributed by atoms with Crippen LogP contribution >= 0.6 is 0 Å². The zero-order valence-corrected chi connectivity index (χ0v) is 12.1. The largest absolute Gasteiger partial charge is 0.378 e. The van der Waals surface area contributed by atoms with Gasteiger partial charge >= 0.3 is 0 Å². The van der Waals surface area contributed by atoms with Crippen LogP contribution < -0.4 is 5.73 Å². The van der Waals surface area contributed by atoms with Crippen molar-refractivity contribution >= 4 is 5.96 Å². The van der Waals surface area contributed by atoms with Gasteiger partial charge in [0, 0.05) is 25.1 Å². The van der Waals surface area contributed by atoms with E-state index in [1.54, 1.807) is 0 Å². The topological polar surface area (TPSA) is 50.9 Å². The smallest absolute Gasteiger partial charge is 0.191 e. The molecule has 2 saturated carbocycles. The van der Waals surface area contributed by atoms with Crippen LogP contribution in [0.2, 0.25) is 0 Å². The van der Waals surface area contributed by atoms with Crippen LogP contribution in [-0.4, -0.2) is 42.7 Å². The average molecular weight is 265 g/mol. The van der Waals surface area contributed by atoms with Gasteiger partial charge in [-0.05, 0) is 45.4 Å². The summed E-state index contributed by atoms with van der Waals surface area (Å²) in [5.41, 5.74) is 6.56. The molecule has 2 unspecified atom stereocenters. The Balaban J connectivity index is 1.63. The Hall–Kier alpha value is -0.770. The zero-order chi connectivity index (χ0) is 13.3. The second-order valence-corrected chi connectivity index (χ2v) is 6.32. The van der Waals surface area contributed by atoms with Gasteiger partial charge in [0.2, 0.25) is 0 Å².